The average molecular weight is 407 g/mol. The Morgan fingerprint density at radius 2 is 1.76 bits per heavy atom. The number of nitrogens with one attached hydrogen (secondary N) is 2. The highest BCUT2D eigenvalue weighted by Gasteiger charge is 2.11. The molecule has 0 bridgehead atoms. The zero-order valence-corrected chi connectivity index (χ0v) is 17.3. The monoisotopic (exact) mass is 406 g/mol. The average Bonchev–Trinajstić information content (AvgIpc) is 3.07. The predicted molar refractivity (Wildman–Crippen MR) is 122 cm³/mol. The molecular weight excluding hydrogens is 380 g/mol. The topological polar surface area (TPSA) is 53.3 Å². The van der Waals surface area contributed by atoms with E-state index >= 15 is 0 Å². The van der Waals surface area contributed by atoms with Gasteiger partial charge in [-0.25, -0.2) is 4.98 Å². The van der Waals surface area contributed by atoms with Crippen molar-refractivity contribution in [3.63, 3.8) is 0 Å². The van der Waals surface area contributed by atoms with Crippen LogP contribution in [-0.4, -0.2) is 23.2 Å². The molecule has 0 spiro atoms. The molecule has 4 rings (SSSR count). The maximum atomic E-state index is 5.90. The Morgan fingerprint density at radius 3 is 2.48 bits per heavy atom. The van der Waals surface area contributed by atoms with Crippen molar-refractivity contribution >= 4 is 28.8 Å². The highest BCUT2D eigenvalue weighted by atomic mass is 32.1. The molecule has 150 valence electrons. The largest absolute Gasteiger partial charge is 0.459 e. The highest BCUT2D eigenvalue weighted by Crippen LogP contribution is 2.22. The first kappa shape index (κ1) is 19.5. The Labute approximate surface area is 177 Å². The number of hydrogen-bond acceptors (Lipinski definition) is 4. The molecular formula is C23H26N4OS. The molecule has 3 aromatic rings. The SMILES string of the molecule is S=C(NCc1ccc(-c2ccccc2)o1)Nc1ccc(N2CCCCCC2)nc1. The molecule has 5 nitrogen and oxygen atoms in total. The fraction of sp³-hybridized carbons (Fsp3) is 0.304. The summed E-state index contributed by atoms with van der Waals surface area (Å²) in [5.41, 5.74) is 1.94. The number of furan rings is 1. The Bertz CT molecular complexity index is 916. The summed E-state index contributed by atoms with van der Waals surface area (Å²) in [6.07, 6.45) is 6.97. The smallest absolute Gasteiger partial charge is 0.171 e. The minimum absolute atomic E-state index is 0.526. The molecule has 0 aliphatic carbocycles. The molecule has 1 aliphatic rings. The standard InChI is InChI=1S/C23H26N4OS/c29-23(25-17-20-11-12-21(28-20)18-8-4-3-5-9-18)26-19-10-13-22(24-16-19)27-14-6-1-2-7-15-27/h3-5,8-13,16H,1-2,6-7,14-15,17H2,(H2,25,26,29). The van der Waals surface area contributed by atoms with E-state index in [1.165, 1.54) is 25.7 Å². The number of thiocarbonyl (C=S) groups is 1. The van der Waals surface area contributed by atoms with Gasteiger partial charge in [-0.2, -0.15) is 0 Å². The lowest BCUT2D eigenvalue weighted by Crippen LogP contribution is -2.28. The summed E-state index contributed by atoms with van der Waals surface area (Å²) in [5, 5.41) is 6.93. The van der Waals surface area contributed by atoms with E-state index in [1.807, 2.05) is 54.7 Å². The lowest BCUT2D eigenvalue weighted by atomic mass is 10.2. The van der Waals surface area contributed by atoms with Gasteiger partial charge in [0, 0.05) is 18.7 Å². The Morgan fingerprint density at radius 1 is 0.966 bits per heavy atom. The Kier molecular flexibility index (Phi) is 6.42. The fourth-order valence-electron chi connectivity index (χ4n) is 3.52. The van der Waals surface area contributed by atoms with E-state index in [9.17, 15) is 0 Å². The summed E-state index contributed by atoms with van der Waals surface area (Å²) in [7, 11) is 0. The molecule has 6 heteroatoms. The molecule has 0 saturated carbocycles. The quantitative estimate of drug-likeness (QED) is 0.568. The molecule has 1 aromatic carbocycles. The number of rotatable bonds is 5. The number of pyridine rings is 1. The van der Waals surface area contributed by atoms with Gasteiger partial charge in [0.1, 0.15) is 17.3 Å². The van der Waals surface area contributed by atoms with E-state index in [1.54, 1.807) is 0 Å². The highest BCUT2D eigenvalue weighted by molar-refractivity contribution is 7.80. The molecule has 1 aliphatic heterocycles. The van der Waals surface area contributed by atoms with E-state index in [0.717, 1.165) is 41.7 Å². The van der Waals surface area contributed by atoms with Crippen LogP contribution in [0.1, 0.15) is 31.4 Å². The number of nitrogens with zero attached hydrogens (tertiary/aromatic N) is 2. The van der Waals surface area contributed by atoms with E-state index in [0.29, 0.717) is 11.7 Å². The van der Waals surface area contributed by atoms with Gasteiger partial charge < -0.3 is 20.0 Å². The number of anilines is 2. The maximum Gasteiger partial charge on any atom is 0.171 e. The van der Waals surface area contributed by atoms with Crippen LogP contribution in [0.2, 0.25) is 0 Å². The van der Waals surface area contributed by atoms with Gasteiger partial charge in [0.15, 0.2) is 5.11 Å². The summed E-state index contributed by atoms with van der Waals surface area (Å²) in [5.74, 6) is 2.73. The van der Waals surface area contributed by atoms with Crippen LogP contribution < -0.4 is 15.5 Å². The normalized spacial score (nSPS) is 14.3. The van der Waals surface area contributed by atoms with Gasteiger partial charge in [-0.3, -0.25) is 0 Å². The van der Waals surface area contributed by atoms with Gasteiger partial charge in [-0.05, 0) is 49.3 Å². The molecule has 0 amide bonds. The number of hydrogen-bond donors (Lipinski definition) is 2. The van der Waals surface area contributed by atoms with Crippen molar-refractivity contribution in [3.05, 3.63) is 66.6 Å². The third kappa shape index (κ3) is 5.35. The van der Waals surface area contributed by atoms with Crippen molar-refractivity contribution in [1.82, 2.24) is 10.3 Å². The van der Waals surface area contributed by atoms with Crippen LogP contribution in [0.25, 0.3) is 11.3 Å². The second-order valence-electron chi connectivity index (χ2n) is 7.25. The maximum absolute atomic E-state index is 5.90. The van der Waals surface area contributed by atoms with E-state index in [4.69, 9.17) is 16.6 Å². The summed E-state index contributed by atoms with van der Waals surface area (Å²) < 4.78 is 5.90. The van der Waals surface area contributed by atoms with Gasteiger partial charge in [0.25, 0.3) is 0 Å². The van der Waals surface area contributed by atoms with E-state index in [-0.39, 0.29) is 0 Å². The zero-order chi connectivity index (χ0) is 19.9. The first-order valence-electron chi connectivity index (χ1n) is 10.2. The van der Waals surface area contributed by atoms with E-state index in [2.05, 4.69) is 26.6 Å². The lowest BCUT2D eigenvalue weighted by molar-refractivity contribution is 0.516. The zero-order valence-electron chi connectivity index (χ0n) is 16.4. The van der Waals surface area contributed by atoms with Gasteiger partial charge in [0.2, 0.25) is 0 Å². The molecule has 2 N–H and O–H groups in total. The predicted octanol–water partition coefficient (Wildman–Crippen LogP) is 5.21. The van der Waals surface area contributed by atoms with Crippen LogP contribution in [0, 0.1) is 0 Å². The Hall–Kier alpha value is -2.86. The summed E-state index contributed by atoms with van der Waals surface area (Å²) in [6.45, 7) is 2.71. The molecule has 1 saturated heterocycles. The minimum Gasteiger partial charge on any atom is -0.459 e. The van der Waals surface area contributed by atoms with Crippen molar-refractivity contribution < 1.29 is 4.42 Å². The second-order valence-corrected chi connectivity index (χ2v) is 7.65. The van der Waals surface area contributed by atoms with Crippen LogP contribution in [-0.2, 0) is 6.54 Å². The molecule has 3 heterocycles. The first-order chi connectivity index (χ1) is 14.3. The molecule has 0 radical (unpaired) electrons. The van der Waals surface area contributed by atoms with Crippen molar-refractivity contribution in [2.75, 3.05) is 23.3 Å². The molecule has 0 unspecified atom stereocenters. The van der Waals surface area contributed by atoms with Crippen LogP contribution >= 0.6 is 12.2 Å². The number of aromatic nitrogens is 1. The van der Waals surface area contributed by atoms with Crippen molar-refractivity contribution in [3.8, 4) is 11.3 Å². The third-order valence-corrected chi connectivity index (χ3v) is 5.33. The molecule has 29 heavy (non-hydrogen) atoms. The minimum atomic E-state index is 0.526. The lowest BCUT2D eigenvalue weighted by Gasteiger charge is -2.21. The fourth-order valence-corrected chi connectivity index (χ4v) is 3.71. The summed E-state index contributed by atoms with van der Waals surface area (Å²) >= 11 is 5.41. The summed E-state index contributed by atoms with van der Waals surface area (Å²) in [4.78, 5) is 6.98. The molecule has 2 aromatic heterocycles. The first-order valence-corrected chi connectivity index (χ1v) is 10.6. The van der Waals surface area contributed by atoms with Gasteiger partial charge in [-0.15, -0.1) is 0 Å². The van der Waals surface area contributed by atoms with Gasteiger partial charge >= 0.3 is 0 Å². The van der Waals surface area contributed by atoms with Crippen molar-refractivity contribution in [1.29, 1.82) is 0 Å². The van der Waals surface area contributed by atoms with E-state index < -0.39 is 0 Å². The molecule has 0 atom stereocenters. The van der Waals surface area contributed by atoms with Crippen LogP contribution in [0.4, 0.5) is 11.5 Å². The van der Waals surface area contributed by atoms with Crippen molar-refractivity contribution in [2.45, 2.75) is 32.2 Å². The van der Waals surface area contributed by atoms with Gasteiger partial charge in [-0.1, -0.05) is 43.2 Å². The van der Waals surface area contributed by atoms with Crippen LogP contribution in [0.5, 0.6) is 0 Å². The Balaban J connectivity index is 1.28. The van der Waals surface area contributed by atoms with Gasteiger partial charge in [0.05, 0.1) is 18.4 Å². The summed E-state index contributed by atoms with van der Waals surface area (Å²) in [6, 6.07) is 18.1. The second kappa shape index (κ2) is 9.56. The molecule has 1 fully saturated rings. The third-order valence-electron chi connectivity index (χ3n) is 5.08. The number of benzene rings is 1. The van der Waals surface area contributed by atoms with Crippen molar-refractivity contribution in [2.24, 2.45) is 0 Å². The van der Waals surface area contributed by atoms with Crippen LogP contribution in [0.3, 0.4) is 0 Å². The van der Waals surface area contributed by atoms with Crippen LogP contribution in [0.15, 0.2) is 65.2 Å².